The SMILES string of the molecule is CCCCCCCCCCCCN1C=CC(=O)C1. The number of unbranched alkanes of at least 4 members (excludes halogenated alkanes) is 9. The van der Waals surface area contributed by atoms with E-state index in [4.69, 9.17) is 0 Å². The molecule has 1 heterocycles. The third-order valence-corrected chi connectivity index (χ3v) is 3.63. The number of nitrogens with zero attached hydrogens (tertiary/aromatic N) is 1. The molecule has 0 saturated carbocycles. The molecule has 0 spiro atoms. The maximum atomic E-state index is 11.0. The van der Waals surface area contributed by atoms with E-state index in [0.29, 0.717) is 6.54 Å². The van der Waals surface area contributed by atoms with Crippen LogP contribution in [0.15, 0.2) is 12.3 Å². The highest BCUT2D eigenvalue weighted by Crippen LogP contribution is 2.11. The van der Waals surface area contributed by atoms with Crippen molar-refractivity contribution >= 4 is 5.78 Å². The summed E-state index contributed by atoms with van der Waals surface area (Å²) in [5.74, 6) is 0.252. The highest BCUT2D eigenvalue weighted by atomic mass is 16.1. The summed E-state index contributed by atoms with van der Waals surface area (Å²) in [5, 5.41) is 0. The van der Waals surface area contributed by atoms with Gasteiger partial charge in [0.05, 0.1) is 6.54 Å². The van der Waals surface area contributed by atoms with E-state index in [1.54, 1.807) is 6.08 Å². The maximum absolute atomic E-state index is 11.0. The Morgan fingerprint density at radius 2 is 1.50 bits per heavy atom. The second kappa shape index (κ2) is 10.2. The molecule has 0 bridgehead atoms. The van der Waals surface area contributed by atoms with Crippen LogP contribution >= 0.6 is 0 Å². The van der Waals surface area contributed by atoms with Crippen molar-refractivity contribution in [2.45, 2.75) is 71.1 Å². The summed E-state index contributed by atoms with van der Waals surface area (Å²) in [6.45, 7) is 3.93. The summed E-state index contributed by atoms with van der Waals surface area (Å²) in [5.41, 5.74) is 0. The number of hydrogen-bond acceptors (Lipinski definition) is 2. The molecule has 0 atom stereocenters. The van der Waals surface area contributed by atoms with E-state index in [1.165, 1.54) is 64.2 Å². The minimum atomic E-state index is 0.252. The lowest BCUT2D eigenvalue weighted by molar-refractivity contribution is -0.114. The molecule has 0 radical (unpaired) electrons. The first-order chi connectivity index (χ1) is 8.83. The van der Waals surface area contributed by atoms with Gasteiger partial charge < -0.3 is 4.90 Å². The predicted molar refractivity (Wildman–Crippen MR) is 77.6 cm³/mol. The lowest BCUT2D eigenvalue weighted by atomic mass is 10.1. The first-order valence-corrected chi connectivity index (χ1v) is 7.78. The van der Waals surface area contributed by atoms with Gasteiger partial charge in [-0.2, -0.15) is 0 Å². The average Bonchev–Trinajstić information content (AvgIpc) is 2.77. The second-order valence-corrected chi connectivity index (χ2v) is 5.43. The van der Waals surface area contributed by atoms with E-state index in [-0.39, 0.29) is 5.78 Å². The van der Waals surface area contributed by atoms with Gasteiger partial charge in [0.15, 0.2) is 5.78 Å². The quantitative estimate of drug-likeness (QED) is 0.510. The molecule has 0 aromatic carbocycles. The van der Waals surface area contributed by atoms with Gasteiger partial charge in [-0.15, -0.1) is 0 Å². The zero-order chi connectivity index (χ0) is 13.1. The molecule has 2 heteroatoms. The molecule has 0 fully saturated rings. The highest BCUT2D eigenvalue weighted by molar-refractivity contribution is 5.93. The van der Waals surface area contributed by atoms with Gasteiger partial charge in [-0.1, -0.05) is 64.7 Å². The van der Waals surface area contributed by atoms with Crippen molar-refractivity contribution in [3.63, 3.8) is 0 Å². The molecule has 0 saturated heterocycles. The van der Waals surface area contributed by atoms with E-state index < -0.39 is 0 Å². The van der Waals surface area contributed by atoms with Crippen LogP contribution in [0.1, 0.15) is 71.1 Å². The Balaban J connectivity index is 1.76. The summed E-state index contributed by atoms with van der Waals surface area (Å²) in [7, 11) is 0. The maximum Gasteiger partial charge on any atom is 0.176 e. The van der Waals surface area contributed by atoms with Gasteiger partial charge in [-0.25, -0.2) is 0 Å². The van der Waals surface area contributed by atoms with Gasteiger partial charge in [-0.3, -0.25) is 4.79 Å². The summed E-state index contributed by atoms with van der Waals surface area (Å²) in [6, 6.07) is 0. The van der Waals surface area contributed by atoms with Crippen LogP contribution in [0.25, 0.3) is 0 Å². The summed E-state index contributed by atoms with van der Waals surface area (Å²) < 4.78 is 0. The van der Waals surface area contributed by atoms with Gasteiger partial charge >= 0.3 is 0 Å². The predicted octanol–water partition coefficient (Wildman–Crippen LogP) is 4.31. The largest absolute Gasteiger partial charge is 0.370 e. The van der Waals surface area contributed by atoms with Crippen LogP contribution in [-0.2, 0) is 4.79 Å². The molecular formula is C16H29NO. The Hall–Kier alpha value is -0.790. The molecule has 0 N–H and O–H groups in total. The van der Waals surface area contributed by atoms with Gasteiger partial charge in [0.2, 0.25) is 0 Å². The van der Waals surface area contributed by atoms with Crippen molar-refractivity contribution in [3.05, 3.63) is 12.3 Å². The number of ketones is 1. The zero-order valence-corrected chi connectivity index (χ0v) is 12.0. The molecule has 0 aliphatic carbocycles. The standard InChI is InChI=1S/C16H29NO/c1-2-3-4-5-6-7-8-9-10-11-13-17-14-12-16(18)15-17/h12,14H,2-11,13,15H2,1H3. The minimum Gasteiger partial charge on any atom is -0.370 e. The van der Waals surface area contributed by atoms with E-state index in [2.05, 4.69) is 11.8 Å². The summed E-state index contributed by atoms with van der Waals surface area (Å²) in [6.07, 6.45) is 17.3. The fourth-order valence-electron chi connectivity index (χ4n) is 2.45. The average molecular weight is 251 g/mol. The molecule has 0 unspecified atom stereocenters. The number of rotatable bonds is 11. The third kappa shape index (κ3) is 7.52. The first-order valence-electron chi connectivity index (χ1n) is 7.78. The fourth-order valence-corrected chi connectivity index (χ4v) is 2.45. The monoisotopic (exact) mass is 251 g/mol. The molecule has 18 heavy (non-hydrogen) atoms. The number of carbonyl (C=O) groups is 1. The van der Waals surface area contributed by atoms with Crippen molar-refractivity contribution in [3.8, 4) is 0 Å². The van der Waals surface area contributed by atoms with Crippen molar-refractivity contribution in [2.75, 3.05) is 13.1 Å². The lowest BCUT2D eigenvalue weighted by Crippen LogP contribution is -2.19. The molecule has 0 aromatic heterocycles. The second-order valence-electron chi connectivity index (χ2n) is 5.43. The normalized spacial score (nSPS) is 14.7. The van der Waals surface area contributed by atoms with E-state index >= 15 is 0 Å². The molecule has 2 nitrogen and oxygen atoms in total. The smallest absolute Gasteiger partial charge is 0.176 e. The van der Waals surface area contributed by atoms with Crippen molar-refractivity contribution < 1.29 is 4.79 Å². The Bertz CT molecular complexity index is 247. The Kier molecular flexibility index (Phi) is 8.62. The van der Waals surface area contributed by atoms with E-state index in [1.807, 2.05) is 6.20 Å². The molecule has 0 aromatic rings. The van der Waals surface area contributed by atoms with Crippen LogP contribution < -0.4 is 0 Å². The third-order valence-electron chi connectivity index (χ3n) is 3.63. The molecule has 1 aliphatic rings. The van der Waals surface area contributed by atoms with Gasteiger partial charge in [0, 0.05) is 12.7 Å². The van der Waals surface area contributed by atoms with Crippen LogP contribution in [0, 0.1) is 0 Å². The van der Waals surface area contributed by atoms with Crippen LogP contribution in [0.3, 0.4) is 0 Å². The van der Waals surface area contributed by atoms with Crippen LogP contribution in [0.2, 0.25) is 0 Å². The van der Waals surface area contributed by atoms with Crippen molar-refractivity contribution in [1.29, 1.82) is 0 Å². The summed E-state index contributed by atoms with van der Waals surface area (Å²) in [4.78, 5) is 13.1. The zero-order valence-electron chi connectivity index (χ0n) is 12.0. The van der Waals surface area contributed by atoms with Crippen LogP contribution in [-0.4, -0.2) is 23.8 Å². The Labute approximate surface area is 112 Å². The fraction of sp³-hybridized carbons (Fsp3) is 0.812. The van der Waals surface area contributed by atoms with E-state index in [9.17, 15) is 4.79 Å². The van der Waals surface area contributed by atoms with Crippen molar-refractivity contribution in [2.24, 2.45) is 0 Å². The highest BCUT2D eigenvalue weighted by Gasteiger charge is 2.10. The van der Waals surface area contributed by atoms with Gasteiger partial charge in [0.1, 0.15) is 0 Å². The Morgan fingerprint density at radius 1 is 0.944 bits per heavy atom. The first kappa shape index (κ1) is 15.3. The number of carbonyl (C=O) groups excluding carboxylic acids is 1. The van der Waals surface area contributed by atoms with E-state index in [0.717, 1.165) is 6.54 Å². The molecular weight excluding hydrogens is 222 g/mol. The van der Waals surface area contributed by atoms with Gasteiger partial charge in [0.25, 0.3) is 0 Å². The summed E-state index contributed by atoms with van der Waals surface area (Å²) >= 11 is 0. The molecule has 104 valence electrons. The van der Waals surface area contributed by atoms with Crippen LogP contribution in [0.4, 0.5) is 0 Å². The molecule has 1 aliphatic heterocycles. The van der Waals surface area contributed by atoms with Gasteiger partial charge in [-0.05, 0) is 12.5 Å². The minimum absolute atomic E-state index is 0.252. The Morgan fingerprint density at radius 3 is 2.00 bits per heavy atom. The number of hydrogen-bond donors (Lipinski definition) is 0. The van der Waals surface area contributed by atoms with Crippen molar-refractivity contribution in [1.82, 2.24) is 4.90 Å². The molecule has 1 rings (SSSR count). The molecule has 0 amide bonds. The lowest BCUT2D eigenvalue weighted by Gasteiger charge is -2.13. The topological polar surface area (TPSA) is 20.3 Å². The van der Waals surface area contributed by atoms with Crippen LogP contribution in [0.5, 0.6) is 0 Å².